The van der Waals surface area contributed by atoms with Gasteiger partial charge < -0.3 is 0 Å². The Kier molecular flexibility index (Phi) is 2.84. The summed E-state index contributed by atoms with van der Waals surface area (Å²) in [7, 11) is 0. The number of aliphatic imine (C=N–C) groups is 1. The van der Waals surface area contributed by atoms with Crippen molar-refractivity contribution >= 4 is 5.71 Å². The van der Waals surface area contributed by atoms with E-state index in [2.05, 4.69) is 18.2 Å². The number of nitrogens with zero attached hydrogens (tertiary/aromatic N) is 1. The molecule has 0 aromatic heterocycles. The molecule has 0 bridgehead atoms. The molecule has 0 aliphatic carbocycles. The highest BCUT2D eigenvalue weighted by atomic mass is 19.1. The average molecular weight is 191 g/mol. The van der Waals surface area contributed by atoms with Crippen LogP contribution in [0.1, 0.15) is 20.8 Å². The third kappa shape index (κ3) is 1.60. The second kappa shape index (κ2) is 3.74. The zero-order valence-electron chi connectivity index (χ0n) is 8.82. The molecule has 0 fully saturated rings. The second-order valence-corrected chi connectivity index (χ2v) is 3.31. The van der Waals surface area contributed by atoms with Crippen LogP contribution in [0.4, 0.5) is 4.39 Å². The predicted octanol–water partition coefficient (Wildman–Crippen LogP) is 3.72. The molecular weight excluding hydrogens is 177 g/mol. The molecule has 1 aliphatic heterocycles. The quantitative estimate of drug-likeness (QED) is 0.599. The normalized spacial score (nSPS) is 23.4. The van der Waals surface area contributed by atoms with E-state index in [9.17, 15) is 4.39 Å². The topological polar surface area (TPSA) is 12.4 Å². The Morgan fingerprint density at radius 1 is 1.36 bits per heavy atom. The summed E-state index contributed by atoms with van der Waals surface area (Å²) in [4.78, 5) is 4.16. The van der Waals surface area contributed by atoms with E-state index in [0.29, 0.717) is 17.0 Å². The average Bonchev–Trinajstić information content (AvgIpc) is 2.39. The lowest BCUT2D eigenvalue weighted by molar-refractivity contribution is 0.635. The van der Waals surface area contributed by atoms with E-state index in [1.165, 1.54) is 6.92 Å². The predicted molar refractivity (Wildman–Crippen MR) is 59.0 cm³/mol. The Morgan fingerprint density at radius 2 is 1.93 bits per heavy atom. The molecule has 0 unspecified atom stereocenters. The van der Waals surface area contributed by atoms with E-state index < -0.39 is 0 Å². The van der Waals surface area contributed by atoms with E-state index >= 15 is 0 Å². The second-order valence-electron chi connectivity index (χ2n) is 3.31. The lowest BCUT2D eigenvalue weighted by atomic mass is 9.98. The van der Waals surface area contributed by atoms with Crippen molar-refractivity contribution in [1.82, 2.24) is 0 Å². The Bertz CT molecular complexity index is 391. The van der Waals surface area contributed by atoms with Gasteiger partial charge in [-0.05, 0) is 26.3 Å². The van der Waals surface area contributed by atoms with Crippen LogP contribution in [0.15, 0.2) is 52.5 Å². The minimum atomic E-state index is -0.221. The van der Waals surface area contributed by atoms with E-state index in [-0.39, 0.29) is 5.83 Å². The summed E-state index contributed by atoms with van der Waals surface area (Å²) in [5, 5.41) is 0. The van der Waals surface area contributed by atoms with Crippen molar-refractivity contribution in [2.24, 2.45) is 4.99 Å². The minimum absolute atomic E-state index is 0.221. The van der Waals surface area contributed by atoms with Crippen LogP contribution in [-0.2, 0) is 0 Å². The molecule has 0 aromatic carbocycles. The summed E-state index contributed by atoms with van der Waals surface area (Å²) in [5.74, 6) is -0.221. The van der Waals surface area contributed by atoms with Crippen LogP contribution in [0.3, 0.4) is 0 Å². The van der Waals surface area contributed by atoms with Crippen LogP contribution in [-0.4, -0.2) is 5.71 Å². The third-order valence-electron chi connectivity index (χ3n) is 2.25. The van der Waals surface area contributed by atoms with Gasteiger partial charge in [0.05, 0.1) is 5.70 Å². The van der Waals surface area contributed by atoms with Gasteiger partial charge in [0, 0.05) is 16.9 Å². The van der Waals surface area contributed by atoms with Gasteiger partial charge >= 0.3 is 0 Å². The van der Waals surface area contributed by atoms with Crippen molar-refractivity contribution in [3.8, 4) is 0 Å². The summed E-state index contributed by atoms with van der Waals surface area (Å²) in [6.45, 7) is 12.6. The Balaban J connectivity index is 3.44. The largest absolute Gasteiger partial charge is 0.253 e. The van der Waals surface area contributed by atoms with Gasteiger partial charge in [-0.25, -0.2) is 4.39 Å². The molecule has 0 spiro atoms. The minimum Gasteiger partial charge on any atom is -0.253 e. The van der Waals surface area contributed by atoms with Gasteiger partial charge in [0.25, 0.3) is 0 Å². The van der Waals surface area contributed by atoms with Crippen molar-refractivity contribution < 1.29 is 4.39 Å². The monoisotopic (exact) mass is 191 g/mol. The SMILES string of the molecule is C=C/C(C)=C1/C(=C)N=C(C)/C1=C(/C)F. The summed E-state index contributed by atoms with van der Waals surface area (Å²) in [6, 6.07) is 0. The molecule has 1 nitrogen and oxygen atoms in total. The molecule has 0 aromatic rings. The van der Waals surface area contributed by atoms with Crippen LogP contribution in [0.25, 0.3) is 0 Å². The van der Waals surface area contributed by atoms with Gasteiger partial charge in [-0.15, -0.1) is 0 Å². The van der Waals surface area contributed by atoms with Crippen LogP contribution in [0.2, 0.25) is 0 Å². The zero-order valence-corrected chi connectivity index (χ0v) is 8.82. The first-order valence-electron chi connectivity index (χ1n) is 4.44. The van der Waals surface area contributed by atoms with E-state index in [1.54, 1.807) is 13.0 Å². The first-order chi connectivity index (χ1) is 6.49. The molecule has 0 saturated carbocycles. The Hall–Kier alpha value is -1.44. The van der Waals surface area contributed by atoms with E-state index in [1.807, 2.05) is 6.92 Å². The molecule has 0 radical (unpaired) electrons. The van der Waals surface area contributed by atoms with Crippen molar-refractivity contribution in [2.45, 2.75) is 20.8 Å². The van der Waals surface area contributed by atoms with Crippen molar-refractivity contribution in [2.75, 3.05) is 0 Å². The molecule has 1 rings (SSSR count). The first kappa shape index (κ1) is 10.6. The van der Waals surface area contributed by atoms with Crippen LogP contribution in [0, 0.1) is 0 Å². The van der Waals surface area contributed by atoms with Gasteiger partial charge in [0.2, 0.25) is 0 Å². The molecule has 14 heavy (non-hydrogen) atoms. The van der Waals surface area contributed by atoms with Gasteiger partial charge in [-0.1, -0.05) is 19.2 Å². The number of rotatable bonds is 1. The van der Waals surface area contributed by atoms with Crippen molar-refractivity contribution in [3.05, 3.63) is 47.5 Å². The zero-order chi connectivity index (χ0) is 10.9. The highest BCUT2D eigenvalue weighted by Crippen LogP contribution is 2.33. The maximum Gasteiger partial charge on any atom is 0.107 e. The molecule has 0 atom stereocenters. The summed E-state index contributed by atoms with van der Waals surface area (Å²) in [6.07, 6.45) is 1.69. The molecule has 74 valence electrons. The van der Waals surface area contributed by atoms with Crippen LogP contribution >= 0.6 is 0 Å². The van der Waals surface area contributed by atoms with Crippen molar-refractivity contribution in [3.63, 3.8) is 0 Å². The highest BCUT2D eigenvalue weighted by Gasteiger charge is 2.23. The van der Waals surface area contributed by atoms with Crippen LogP contribution in [0.5, 0.6) is 0 Å². The van der Waals surface area contributed by atoms with Crippen molar-refractivity contribution in [1.29, 1.82) is 0 Å². The van der Waals surface area contributed by atoms with Crippen LogP contribution < -0.4 is 0 Å². The Morgan fingerprint density at radius 3 is 2.36 bits per heavy atom. The fourth-order valence-corrected chi connectivity index (χ4v) is 1.59. The smallest absolute Gasteiger partial charge is 0.107 e. The van der Waals surface area contributed by atoms with Gasteiger partial charge in [0.1, 0.15) is 5.83 Å². The summed E-state index contributed by atoms with van der Waals surface area (Å²) >= 11 is 0. The molecule has 1 aliphatic rings. The van der Waals surface area contributed by atoms with Gasteiger partial charge in [0.15, 0.2) is 0 Å². The molecule has 2 heteroatoms. The molecule has 0 saturated heterocycles. The lowest BCUT2D eigenvalue weighted by Crippen LogP contribution is -1.96. The molecule has 0 N–H and O–H groups in total. The van der Waals surface area contributed by atoms with Gasteiger partial charge in [-0.3, -0.25) is 4.99 Å². The first-order valence-corrected chi connectivity index (χ1v) is 4.44. The fraction of sp³-hybridized carbons (Fsp3) is 0.250. The molecule has 0 amide bonds. The van der Waals surface area contributed by atoms with Gasteiger partial charge in [-0.2, -0.15) is 0 Å². The third-order valence-corrected chi connectivity index (χ3v) is 2.25. The van der Waals surface area contributed by atoms with E-state index in [4.69, 9.17) is 0 Å². The number of hydrogen-bond acceptors (Lipinski definition) is 1. The highest BCUT2D eigenvalue weighted by molar-refractivity contribution is 6.08. The number of allylic oxidation sites excluding steroid dienone is 4. The Labute approximate surface area is 84.1 Å². The summed E-state index contributed by atoms with van der Waals surface area (Å²) in [5.41, 5.74) is 3.55. The fourth-order valence-electron chi connectivity index (χ4n) is 1.59. The number of halogens is 1. The summed E-state index contributed by atoms with van der Waals surface area (Å²) < 4.78 is 13.3. The van der Waals surface area contributed by atoms with E-state index in [0.717, 1.165) is 11.1 Å². The maximum absolute atomic E-state index is 13.3. The molecular formula is C12H14FN. The number of hydrogen-bond donors (Lipinski definition) is 0. The molecule has 1 heterocycles. The lowest BCUT2D eigenvalue weighted by Gasteiger charge is -2.05. The maximum atomic E-state index is 13.3. The standard InChI is InChI=1S/C12H14FN/c1-6-7(2)11-9(4)14-10(5)12(11)8(3)13/h6H,1,4H2,2-3,5H3/b11-7-,12-8+.